The van der Waals surface area contributed by atoms with E-state index < -0.39 is 0 Å². The van der Waals surface area contributed by atoms with Gasteiger partial charge in [0.05, 0.1) is 11.8 Å². The fraction of sp³-hybridized carbons (Fsp3) is 0.138. The maximum Gasteiger partial charge on any atom is 0.213 e. The van der Waals surface area contributed by atoms with Gasteiger partial charge in [0.15, 0.2) is 0 Å². The molecule has 4 aromatic carbocycles. The molecule has 0 saturated carbocycles. The molecule has 0 radical (unpaired) electrons. The first-order valence-corrected chi connectivity index (χ1v) is 12.7. The van der Waals surface area contributed by atoms with Crippen molar-refractivity contribution in [2.24, 2.45) is 5.10 Å². The Morgan fingerprint density at radius 2 is 1.71 bits per heavy atom. The second-order valence-electron chi connectivity index (χ2n) is 8.65. The number of hydrogen-bond donors (Lipinski definition) is 0. The maximum absolute atomic E-state index is 6.47. The summed E-state index contributed by atoms with van der Waals surface area (Å²) < 4.78 is 13.5. The van der Waals surface area contributed by atoms with Crippen LogP contribution in [-0.2, 0) is 6.61 Å². The lowest BCUT2D eigenvalue weighted by atomic mass is 9.96. The Morgan fingerprint density at radius 1 is 0.943 bits per heavy atom. The number of hydrazone groups is 1. The molecule has 174 valence electrons. The van der Waals surface area contributed by atoms with Gasteiger partial charge in [0.1, 0.15) is 18.1 Å². The Kier molecular flexibility index (Phi) is 5.96. The highest BCUT2D eigenvalue weighted by molar-refractivity contribution is 9.10. The lowest BCUT2D eigenvalue weighted by molar-refractivity contribution is -0.0190. The van der Waals surface area contributed by atoms with Gasteiger partial charge in [-0.15, -0.1) is 0 Å². The van der Waals surface area contributed by atoms with E-state index in [0.29, 0.717) is 11.6 Å². The summed E-state index contributed by atoms with van der Waals surface area (Å²) in [5, 5.41) is 7.79. The van der Waals surface area contributed by atoms with Gasteiger partial charge in [-0.1, -0.05) is 70.0 Å². The standard InChI is InChI=1S/C29H22BrClN2O2/c30-22-10-6-20(7-11-22)26-17-27-25-16-23(31)12-15-28(25)35-29(33(27)32-26)21-8-13-24(14-9-21)34-18-19-4-2-1-3-5-19/h1-16,27,29H,17-18H2/t27-,29+/m0/s1. The van der Waals surface area contributed by atoms with Crippen LogP contribution in [0.1, 0.15) is 40.9 Å². The van der Waals surface area contributed by atoms with E-state index in [1.807, 2.05) is 60.7 Å². The second-order valence-corrected chi connectivity index (χ2v) is 10.0. The monoisotopic (exact) mass is 544 g/mol. The minimum atomic E-state index is -0.343. The van der Waals surface area contributed by atoms with Crippen LogP contribution in [0, 0.1) is 0 Å². The van der Waals surface area contributed by atoms with E-state index in [0.717, 1.165) is 50.4 Å². The van der Waals surface area contributed by atoms with Gasteiger partial charge in [-0.25, -0.2) is 5.01 Å². The summed E-state index contributed by atoms with van der Waals surface area (Å²) in [5.74, 6) is 1.66. The molecule has 2 heterocycles. The zero-order chi connectivity index (χ0) is 23.8. The average molecular weight is 546 g/mol. The van der Waals surface area contributed by atoms with Crippen molar-refractivity contribution in [2.45, 2.75) is 25.3 Å². The molecule has 4 aromatic rings. The Balaban J connectivity index is 1.29. The number of ether oxygens (including phenoxy) is 2. The van der Waals surface area contributed by atoms with E-state index in [9.17, 15) is 0 Å². The Labute approximate surface area is 217 Å². The van der Waals surface area contributed by atoms with Crippen molar-refractivity contribution in [3.63, 3.8) is 0 Å². The van der Waals surface area contributed by atoms with Gasteiger partial charge >= 0.3 is 0 Å². The van der Waals surface area contributed by atoms with Crippen molar-refractivity contribution in [2.75, 3.05) is 0 Å². The highest BCUT2D eigenvalue weighted by Gasteiger charge is 2.41. The predicted octanol–water partition coefficient (Wildman–Crippen LogP) is 7.92. The summed E-state index contributed by atoms with van der Waals surface area (Å²) in [6, 6.07) is 32.4. The summed E-state index contributed by atoms with van der Waals surface area (Å²) >= 11 is 9.87. The molecule has 6 rings (SSSR count). The van der Waals surface area contributed by atoms with Crippen LogP contribution in [0.5, 0.6) is 11.5 Å². The van der Waals surface area contributed by atoms with Crippen LogP contribution in [0.25, 0.3) is 0 Å². The molecular weight excluding hydrogens is 524 g/mol. The Hall–Kier alpha value is -3.28. The van der Waals surface area contributed by atoms with Crippen molar-refractivity contribution < 1.29 is 9.47 Å². The van der Waals surface area contributed by atoms with E-state index in [-0.39, 0.29) is 12.3 Å². The summed E-state index contributed by atoms with van der Waals surface area (Å²) in [5.41, 5.74) is 5.36. The Morgan fingerprint density at radius 3 is 2.49 bits per heavy atom. The minimum Gasteiger partial charge on any atom is -0.489 e. The van der Waals surface area contributed by atoms with E-state index in [2.05, 4.69) is 57.3 Å². The van der Waals surface area contributed by atoms with Crippen molar-refractivity contribution >= 4 is 33.2 Å². The molecular formula is C29H22BrClN2O2. The summed E-state index contributed by atoms with van der Waals surface area (Å²) in [6.45, 7) is 0.531. The van der Waals surface area contributed by atoms with Crippen LogP contribution in [0.2, 0.25) is 5.02 Å². The van der Waals surface area contributed by atoms with Crippen LogP contribution < -0.4 is 9.47 Å². The average Bonchev–Trinajstić information content (AvgIpc) is 3.34. The minimum absolute atomic E-state index is 0.0510. The van der Waals surface area contributed by atoms with E-state index >= 15 is 0 Å². The summed E-state index contributed by atoms with van der Waals surface area (Å²) in [7, 11) is 0. The normalized spacial score (nSPS) is 18.3. The van der Waals surface area contributed by atoms with Gasteiger partial charge in [0, 0.05) is 27.0 Å². The Bertz CT molecular complexity index is 1370. The van der Waals surface area contributed by atoms with Gasteiger partial charge in [-0.2, -0.15) is 5.10 Å². The zero-order valence-electron chi connectivity index (χ0n) is 18.8. The molecule has 0 spiro atoms. The van der Waals surface area contributed by atoms with Crippen molar-refractivity contribution in [3.8, 4) is 11.5 Å². The van der Waals surface area contributed by atoms with Crippen molar-refractivity contribution in [1.82, 2.24) is 5.01 Å². The second kappa shape index (κ2) is 9.40. The summed E-state index contributed by atoms with van der Waals surface area (Å²) in [6.07, 6.45) is 0.442. The zero-order valence-corrected chi connectivity index (χ0v) is 21.1. The first kappa shape index (κ1) is 22.2. The summed E-state index contributed by atoms with van der Waals surface area (Å²) in [4.78, 5) is 0. The van der Waals surface area contributed by atoms with Crippen LogP contribution in [0.15, 0.2) is 107 Å². The highest BCUT2D eigenvalue weighted by Crippen LogP contribution is 2.48. The lowest BCUT2D eigenvalue weighted by Gasteiger charge is -2.38. The predicted molar refractivity (Wildman–Crippen MR) is 142 cm³/mol. The number of halogens is 2. The molecule has 2 atom stereocenters. The molecule has 0 saturated heterocycles. The number of hydrogen-bond acceptors (Lipinski definition) is 4. The van der Waals surface area contributed by atoms with Gasteiger partial charge in [0.2, 0.25) is 6.23 Å². The molecule has 0 aromatic heterocycles. The molecule has 6 heteroatoms. The number of fused-ring (bicyclic) bond motifs is 3. The molecule has 0 bridgehead atoms. The highest BCUT2D eigenvalue weighted by atomic mass is 79.9. The van der Waals surface area contributed by atoms with Gasteiger partial charge in [-0.05, 0) is 65.7 Å². The molecule has 0 aliphatic carbocycles. The molecule has 2 aliphatic rings. The quantitative estimate of drug-likeness (QED) is 0.255. The molecule has 0 N–H and O–H groups in total. The molecule has 35 heavy (non-hydrogen) atoms. The first-order valence-electron chi connectivity index (χ1n) is 11.5. The van der Waals surface area contributed by atoms with Gasteiger partial charge in [0.25, 0.3) is 0 Å². The van der Waals surface area contributed by atoms with Crippen molar-refractivity contribution in [1.29, 1.82) is 0 Å². The maximum atomic E-state index is 6.47. The number of benzene rings is 4. The first-order chi connectivity index (χ1) is 17.1. The van der Waals surface area contributed by atoms with E-state index in [1.165, 1.54) is 0 Å². The van der Waals surface area contributed by atoms with Crippen molar-refractivity contribution in [3.05, 3.63) is 129 Å². The lowest BCUT2D eigenvalue weighted by Crippen LogP contribution is -2.33. The number of nitrogens with zero attached hydrogens (tertiary/aromatic N) is 2. The molecule has 2 aliphatic heterocycles. The van der Waals surface area contributed by atoms with E-state index in [4.69, 9.17) is 26.2 Å². The molecule has 0 amide bonds. The fourth-order valence-electron chi connectivity index (χ4n) is 4.56. The van der Waals surface area contributed by atoms with Crippen LogP contribution in [-0.4, -0.2) is 10.7 Å². The van der Waals surface area contributed by atoms with Crippen LogP contribution in [0.3, 0.4) is 0 Å². The van der Waals surface area contributed by atoms with Crippen LogP contribution in [0.4, 0.5) is 0 Å². The topological polar surface area (TPSA) is 34.1 Å². The third-order valence-corrected chi connectivity index (χ3v) is 7.11. The molecule has 0 fully saturated rings. The third-order valence-electron chi connectivity index (χ3n) is 6.34. The van der Waals surface area contributed by atoms with E-state index in [1.54, 1.807) is 0 Å². The SMILES string of the molecule is Clc1ccc2c(c1)[C@@H]1CC(c3ccc(Br)cc3)=NN1[C@@H](c1ccc(OCc3ccccc3)cc1)O2. The largest absolute Gasteiger partial charge is 0.489 e. The van der Waals surface area contributed by atoms with Gasteiger partial charge < -0.3 is 9.47 Å². The van der Waals surface area contributed by atoms with Gasteiger partial charge in [-0.3, -0.25) is 0 Å². The fourth-order valence-corrected chi connectivity index (χ4v) is 5.01. The molecule has 4 nitrogen and oxygen atoms in total. The third kappa shape index (κ3) is 4.54. The molecule has 0 unspecified atom stereocenters. The smallest absolute Gasteiger partial charge is 0.213 e. The van der Waals surface area contributed by atoms with Crippen LogP contribution >= 0.6 is 27.5 Å². The number of rotatable bonds is 5.